The van der Waals surface area contributed by atoms with E-state index in [1.165, 1.54) is 38.4 Å². The molecule has 5 rings (SSSR count). The molecule has 7 heteroatoms. The van der Waals surface area contributed by atoms with Crippen LogP contribution in [0.1, 0.15) is 86.0 Å². The van der Waals surface area contributed by atoms with Gasteiger partial charge in [0.15, 0.2) is 0 Å². The molecule has 2 heterocycles. The Morgan fingerprint density at radius 3 is 2.33 bits per heavy atom. The first-order valence-electron chi connectivity index (χ1n) is 14.4. The molecule has 1 aromatic heterocycles. The zero-order chi connectivity index (χ0) is 28.6. The van der Waals surface area contributed by atoms with Crippen LogP contribution >= 0.6 is 0 Å². The lowest BCUT2D eigenvalue weighted by Gasteiger charge is -2.45. The Hall–Kier alpha value is -3.32. The van der Waals surface area contributed by atoms with E-state index < -0.39 is 5.60 Å². The monoisotopic (exact) mass is 546 g/mol. The fourth-order valence-electron chi connectivity index (χ4n) is 6.45. The van der Waals surface area contributed by atoms with Crippen LogP contribution in [0.2, 0.25) is 0 Å². The van der Waals surface area contributed by atoms with Crippen molar-refractivity contribution in [3.63, 3.8) is 0 Å². The third-order valence-corrected chi connectivity index (χ3v) is 8.69. The van der Waals surface area contributed by atoms with E-state index in [-0.39, 0.29) is 18.1 Å². The fraction of sp³-hybridized carbons (Fsp3) is 0.515. The summed E-state index contributed by atoms with van der Waals surface area (Å²) in [6.07, 6.45) is 7.71. The maximum atomic E-state index is 13.1. The minimum absolute atomic E-state index is 0.222. The summed E-state index contributed by atoms with van der Waals surface area (Å²) in [6, 6.07) is 12.2. The summed E-state index contributed by atoms with van der Waals surface area (Å²) >= 11 is 0. The molecule has 214 valence electrons. The second-order valence-corrected chi connectivity index (χ2v) is 12.4. The molecule has 1 saturated heterocycles. The highest BCUT2D eigenvalue weighted by molar-refractivity contribution is 5.95. The molecule has 1 saturated carbocycles. The number of benzene rings is 2. The molecule has 0 N–H and O–H groups in total. The SMILES string of the molecule is COC(=O)c1ccc([C@@H]2CC(C3CCC3)CCN2Cc2c(OC)cc(C)c3c2ccn3C(=O)OC(C)(C)C)cc1. The van der Waals surface area contributed by atoms with Gasteiger partial charge >= 0.3 is 12.1 Å². The minimum atomic E-state index is -0.585. The van der Waals surface area contributed by atoms with Crippen molar-refractivity contribution < 1.29 is 23.8 Å². The molecular formula is C33H42N2O5. The summed E-state index contributed by atoms with van der Waals surface area (Å²) in [5, 5.41) is 1.00. The van der Waals surface area contributed by atoms with E-state index in [0.29, 0.717) is 18.0 Å². The van der Waals surface area contributed by atoms with E-state index in [1.54, 1.807) is 17.9 Å². The van der Waals surface area contributed by atoms with Gasteiger partial charge in [-0.25, -0.2) is 9.59 Å². The van der Waals surface area contributed by atoms with Crippen LogP contribution in [0.15, 0.2) is 42.6 Å². The molecule has 0 amide bonds. The van der Waals surface area contributed by atoms with Gasteiger partial charge in [0.2, 0.25) is 0 Å². The Morgan fingerprint density at radius 2 is 1.73 bits per heavy atom. The van der Waals surface area contributed by atoms with Crippen LogP contribution in [0.5, 0.6) is 5.75 Å². The number of piperidine rings is 1. The summed E-state index contributed by atoms with van der Waals surface area (Å²) in [5.41, 5.74) is 4.08. The van der Waals surface area contributed by atoms with E-state index in [1.807, 2.05) is 52.0 Å². The van der Waals surface area contributed by atoms with Gasteiger partial charge in [-0.1, -0.05) is 31.4 Å². The second kappa shape index (κ2) is 11.3. The summed E-state index contributed by atoms with van der Waals surface area (Å²) in [4.78, 5) is 27.7. The van der Waals surface area contributed by atoms with Gasteiger partial charge < -0.3 is 14.2 Å². The lowest BCUT2D eigenvalue weighted by molar-refractivity contribution is 0.0542. The second-order valence-electron chi connectivity index (χ2n) is 12.4. The van der Waals surface area contributed by atoms with Gasteiger partial charge in [0.25, 0.3) is 0 Å². The molecule has 0 bridgehead atoms. The smallest absolute Gasteiger partial charge is 0.419 e. The third kappa shape index (κ3) is 5.62. The normalized spacial score (nSPS) is 20.2. The largest absolute Gasteiger partial charge is 0.496 e. The first-order chi connectivity index (χ1) is 19.1. The van der Waals surface area contributed by atoms with E-state index in [4.69, 9.17) is 14.2 Å². The maximum Gasteiger partial charge on any atom is 0.419 e. The van der Waals surface area contributed by atoms with Gasteiger partial charge in [0.1, 0.15) is 11.4 Å². The summed E-state index contributed by atoms with van der Waals surface area (Å²) < 4.78 is 18.1. The predicted octanol–water partition coefficient (Wildman–Crippen LogP) is 7.28. The Labute approximate surface area is 237 Å². The Morgan fingerprint density at radius 1 is 1.00 bits per heavy atom. The van der Waals surface area contributed by atoms with E-state index >= 15 is 0 Å². The number of rotatable bonds is 6. The quantitative estimate of drug-likeness (QED) is 0.303. The number of hydrogen-bond acceptors (Lipinski definition) is 6. The number of aryl methyl sites for hydroxylation is 1. The van der Waals surface area contributed by atoms with Crippen LogP contribution in [0.25, 0.3) is 10.9 Å². The number of nitrogens with zero attached hydrogens (tertiary/aromatic N) is 2. The average molecular weight is 547 g/mol. The molecule has 1 aliphatic carbocycles. The Bertz CT molecular complexity index is 1380. The van der Waals surface area contributed by atoms with Crippen molar-refractivity contribution in [3.05, 3.63) is 64.8 Å². The van der Waals surface area contributed by atoms with Gasteiger partial charge in [0.05, 0.1) is 25.3 Å². The van der Waals surface area contributed by atoms with Crippen molar-refractivity contribution in [1.29, 1.82) is 0 Å². The van der Waals surface area contributed by atoms with E-state index in [0.717, 1.165) is 46.7 Å². The number of hydrogen-bond donors (Lipinski definition) is 0. The summed E-state index contributed by atoms with van der Waals surface area (Å²) in [7, 11) is 3.12. The number of fused-ring (bicyclic) bond motifs is 1. The fourth-order valence-corrected chi connectivity index (χ4v) is 6.45. The van der Waals surface area contributed by atoms with Gasteiger partial charge in [-0.2, -0.15) is 0 Å². The number of ether oxygens (including phenoxy) is 3. The van der Waals surface area contributed by atoms with Crippen molar-refractivity contribution in [2.24, 2.45) is 11.8 Å². The van der Waals surface area contributed by atoms with Crippen LogP contribution in [0.4, 0.5) is 4.79 Å². The molecule has 2 fully saturated rings. The standard InChI is InChI=1S/C33H42N2O5/c1-21-18-29(38-5)27(26-15-17-35(30(21)26)32(37)40-33(2,3)4)20-34-16-14-25(22-8-7-9-22)19-28(34)23-10-12-24(13-11-23)31(36)39-6/h10-13,15,17-18,22,25,28H,7-9,14,16,19-20H2,1-6H3/t25?,28-/m0/s1. The molecule has 2 atom stereocenters. The Balaban J connectivity index is 1.50. The molecular weight excluding hydrogens is 504 g/mol. The molecule has 1 aliphatic heterocycles. The van der Waals surface area contributed by atoms with Gasteiger partial charge in [-0.15, -0.1) is 0 Å². The third-order valence-electron chi connectivity index (χ3n) is 8.69. The molecule has 0 radical (unpaired) electrons. The predicted molar refractivity (Wildman–Crippen MR) is 156 cm³/mol. The van der Waals surface area contributed by atoms with Gasteiger partial charge in [-0.3, -0.25) is 9.47 Å². The van der Waals surface area contributed by atoms with Crippen molar-refractivity contribution in [1.82, 2.24) is 9.47 Å². The Kier molecular flexibility index (Phi) is 7.96. The van der Waals surface area contributed by atoms with Gasteiger partial charge in [-0.05, 0) is 94.3 Å². The number of likely N-dealkylation sites (tertiary alicyclic amines) is 1. The van der Waals surface area contributed by atoms with Crippen molar-refractivity contribution in [2.45, 2.75) is 78.0 Å². The topological polar surface area (TPSA) is 70.0 Å². The average Bonchev–Trinajstić information content (AvgIpc) is 3.35. The minimum Gasteiger partial charge on any atom is -0.496 e. The molecule has 2 aromatic carbocycles. The van der Waals surface area contributed by atoms with E-state index in [2.05, 4.69) is 17.0 Å². The van der Waals surface area contributed by atoms with Crippen LogP contribution in [-0.2, 0) is 16.0 Å². The van der Waals surface area contributed by atoms with Crippen molar-refractivity contribution in [3.8, 4) is 5.75 Å². The highest BCUT2D eigenvalue weighted by atomic mass is 16.6. The van der Waals surface area contributed by atoms with Crippen molar-refractivity contribution >= 4 is 23.0 Å². The first kappa shape index (κ1) is 28.2. The highest BCUT2D eigenvalue weighted by Gasteiger charge is 2.36. The highest BCUT2D eigenvalue weighted by Crippen LogP contribution is 2.45. The number of esters is 1. The van der Waals surface area contributed by atoms with Crippen molar-refractivity contribution in [2.75, 3.05) is 20.8 Å². The summed E-state index contributed by atoms with van der Waals surface area (Å²) in [6.45, 7) is 9.31. The summed E-state index contributed by atoms with van der Waals surface area (Å²) in [5.74, 6) is 2.04. The number of carbonyl (C=O) groups is 2. The molecule has 0 spiro atoms. The zero-order valence-electron chi connectivity index (χ0n) is 24.7. The zero-order valence-corrected chi connectivity index (χ0v) is 24.7. The van der Waals surface area contributed by atoms with E-state index in [9.17, 15) is 9.59 Å². The first-order valence-corrected chi connectivity index (χ1v) is 14.4. The number of aromatic nitrogens is 1. The van der Waals surface area contributed by atoms with Crippen LogP contribution < -0.4 is 4.74 Å². The molecule has 7 nitrogen and oxygen atoms in total. The molecule has 2 aliphatic rings. The number of carbonyl (C=O) groups excluding carboxylic acids is 2. The number of methoxy groups -OCH3 is 2. The van der Waals surface area contributed by atoms with Crippen LogP contribution in [0, 0.1) is 18.8 Å². The van der Waals surface area contributed by atoms with Crippen LogP contribution in [-0.4, -0.2) is 47.9 Å². The molecule has 1 unspecified atom stereocenters. The lowest BCUT2D eigenvalue weighted by Crippen LogP contribution is -2.39. The molecule has 3 aromatic rings. The maximum absolute atomic E-state index is 13.1. The molecule has 40 heavy (non-hydrogen) atoms. The van der Waals surface area contributed by atoms with Gasteiger partial charge in [0, 0.05) is 29.7 Å². The van der Waals surface area contributed by atoms with Crippen LogP contribution in [0.3, 0.4) is 0 Å². The lowest BCUT2D eigenvalue weighted by atomic mass is 9.70.